The lowest BCUT2D eigenvalue weighted by Gasteiger charge is -2.42. The highest BCUT2D eigenvalue weighted by molar-refractivity contribution is 7.13. The van der Waals surface area contributed by atoms with Crippen LogP contribution < -0.4 is 9.80 Å². The van der Waals surface area contributed by atoms with Crippen molar-refractivity contribution < 1.29 is 31.1 Å². The van der Waals surface area contributed by atoms with Crippen molar-refractivity contribution in [3.63, 3.8) is 0 Å². The molecule has 4 rings (SSSR count). The number of aldehydes is 1. The number of nitrogens with zero attached hydrogens (tertiary/aromatic N) is 4. The van der Waals surface area contributed by atoms with Gasteiger partial charge in [0.1, 0.15) is 6.29 Å². The van der Waals surface area contributed by atoms with Crippen LogP contribution in [0.1, 0.15) is 29.3 Å². The quantitative estimate of drug-likeness (QED) is 0.466. The van der Waals surface area contributed by atoms with Crippen molar-refractivity contribution in [3.05, 3.63) is 39.9 Å². The van der Waals surface area contributed by atoms with Crippen LogP contribution in [0.3, 0.4) is 0 Å². The molecule has 2 aliphatic rings. The lowest BCUT2D eigenvalue weighted by atomic mass is 9.91. The van der Waals surface area contributed by atoms with Gasteiger partial charge in [0.15, 0.2) is 10.8 Å². The molecule has 180 valence electrons. The molecule has 1 aromatic heterocycles. The van der Waals surface area contributed by atoms with Crippen molar-refractivity contribution in [1.29, 1.82) is 0 Å². The number of rotatable bonds is 4. The number of fused-ring (bicyclic) bond motifs is 1. The van der Waals surface area contributed by atoms with Crippen molar-refractivity contribution in [3.8, 4) is 0 Å². The van der Waals surface area contributed by atoms with E-state index in [9.17, 15) is 31.1 Å². The van der Waals surface area contributed by atoms with Crippen molar-refractivity contribution in [2.24, 2.45) is 0 Å². The molecule has 0 amide bonds. The molecule has 33 heavy (non-hydrogen) atoms. The maximum Gasteiger partial charge on any atom is 0.434 e. The second kappa shape index (κ2) is 8.79. The molecule has 12 heteroatoms. The first-order valence-corrected chi connectivity index (χ1v) is 11.3. The van der Waals surface area contributed by atoms with Gasteiger partial charge in [0.2, 0.25) is 0 Å². The van der Waals surface area contributed by atoms with E-state index in [-0.39, 0.29) is 36.2 Å². The Kier molecular flexibility index (Phi) is 6.34. The third-order valence-corrected chi connectivity index (χ3v) is 7.06. The Hall–Kier alpha value is -2.34. The summed E-state index contributed by atoms with van der Waals surface area (Å²) >= 11 is 0.834. The number of benzene rings is 1. The van der Waals surface area contributed by atoms with Gasteiger partial charge in [0.25, 0.3) is 0 Å². The molecule has 0 unspecified atom stereocenters. The summed E-state index contributed by atoms with van der Waals surface area (Å²) < 4.78 is 80.1. The summed E-state index contributed by atoms with van der Waals surface area (Å²) in [6.45, 7) is 4.08. The number of carbonyl (C=O) groups is 1. The Morgan fingerprint density at radius 3 is 2.42 bits per heavy atom. The molecular formula is C21H22F6N4OS. The zero-order chi connectivity index (χ0) is 24.0. The molecule has 1 fully saturated rings. The zero-order valence-corrected chi connectivity index (χ0v) is 18.5. The van der Waals surface area contributed by atoms with Gasteiger partial charge in [-0.15, -0.1) is 11.3 Å². The van der Waals surface area contributed by atoms with E-state index >= 15 is 0 Å². The number of alkyl halides is 6. The topological polar surface area (TPSA) is 39.7 Å². The van der Waals surface area contributed by atoms with E-state index < -0.39 is 23.6 Å². The molecule has 2 aromatic rings. The van der Waals surface area contributed by atoms with Crippen LogP contribution in [0.4, 0.5) is 37.2 Å². The summed E-state index contributed by atoms with van der Waals surface area (Å²) in [5.41, 5.74) is -0.406. The molecule has 3 heterocycles. The van der Waals surface area contributed by atoms with Crippen LogP contribution in [0, 0.1) is 0 Å². The van der Waals surface area contributed by atoms with E-state index in [0.29, 0.717) is 37.4 Å². The van der Waals surface area contributed by atoms with E-state index in [1.807, 2.05) is 16.7 Å². The van der Waals surface area contributed by atoms with Crippen LogP contribution in [0.25, 0.3) is 0 Å². The highest BCUT2D eigenvalue weighted by Gasteiger charge is 2.39. The summed E-state index contributed by atoms with van der Waals surface area (Å²) in [6, 6.07) is 2.57. The van der Waals surface area contributed by atoms with Gasteiger partial charge in [-0.25, -0.2) is 4.98 Å². The Balaban J connectivity index is 1.68. The van der Waals surface area contributed by atoms with Gasteiger partial charge < -0.3 is 14.6 Å². The molecule has 0 bridgehead atoms. The number of thiazole rings is 1. The fourth-order valence-corrected chi connectivity index (χ4v) is 5.36. The Morgan fingerprint density at radius 2 is 1.82 bits per heavy atom. The van der Waals surface area contributed by atoms with Crippen LogP contribution >= 0.6 is 11.3 Å². The standard InChI is InChI=1S/C21H22F6N4OS/c1-13-10-30(7-6-29(13)8-9-32)17-3-2-16(20(22,23)24)14-4-5-31(11-15(14)17)19-28-18(12-33-19)21(25,26)27/h2-3,9,12-13H,4-8,10-11H2,1H3/t13-/m1/s1. The maximum absolute atomic E-state index is 13.7. The summed E-state index contributed by atoms with van der Waals surface area (Å²) in [4.78, 5) is 20.2. The molecule has 1 atom stereocenters. The Bertz CT molecular complexity index is 1020. The average Bonchev–Trinajstić information content (AvgIpc) is 3.24. The molecular weight excluding hydrogens is 470 g/mol. The van der Waals surface area contributed by atoms with E-state index in [1.54, 1.807) is 4.90 Å². The molecule has 0 aliphatic carbocycles. The monoisotopic (exact) mass is 492 g/mol. The number of anilines is 2. The minimum absolute atomic E-state index is 0.0230. The number of hydrogen-bond donors (Lipinski definition) is 0. The van der Waals surface area contributed by atoms with Gasteiger partial charge in [-0.2, -0.15) is 26.3 Å². The first-order valence-electron chi connectivity index (χ1n) is 10.4. The van der Waals surface area contributed by atoms with Crippen LogP contribution in [-0.4, -0.2) is 54.9 Å². The lowest BCUT2D eigenvalue weighted by Crippen LogP contribution is -2.52. The number of hydrogen-bond acceptors (Lipinski definition) is 6. The van der Waals surface area contributed by atoms with Crippen LogP contribution in [0.5, 0.6) is 0 Å². The molecule has 1 aromatic carbocycles. The number of aromatic nitrogens is 1. The van der Waals surface area contributed by atoms with Crippen molar-refractivity contribution in [2.75, 3.05) is 42.5 Å². The maximum atomic E-state index is 13.7. The third kappa shape index (κ3) is 4.81. The highest BCUT2D eigenvalue weighted by atomic mass is 32.1. The van der Waals surface area contributed by atoms with E-state index in [0.717, 1.165) is 29.1 Å². The smallest absolute Gasteiger partial charge is 0.368 e. The summed E-state index contributed by atoms with van der Waals surface area (Å²) in [5.74, 6) is 0. The van der Waals surface area contributed by atoms with Crippen molar-refractivity contribution >= 4 is 28.4 Å². The number of carbonyl (C=O) groups excluding carboxylic acids is 1. The first-order chi connectivity index (χ1) is 15.5. The third-order valence-electron chi connectivity index (χ3n) is 6.16. The van der Waals surface area contributed by atoms with E-state index in [1.165, 1.54) is 6.07 Å². The van der Waals surface area contributed by atoms with Crippen LogP contribution in [0.2, 0.25) is 0 Å². The molecule has 5 nitrogen and oxygen atoms in total. The van der Waals surface area contributed by atoms with Crippen molar-refractivity contribution in [2.45, 2.75) is 38.3 Å². The van der Waals surface area contributed by atoms with Gasteiger partial charge >= 0.3 is 12.4 Å². The second-order valence-electron chi connectivity index (χ2n) is 8.23. The summed E-state index contributed by atoms with van der Waals surface area (Å²) in [7, 11) is 0. The molecule has 0 radical (unpaired) electrons. The van der Waals surface area contributed by atoms with Gasteiger partial charge in [-0.1, -0.05) is 0 Å². The largest absolute Gasteiger partial charge is 0.434 e. The van der Waals surface area contributed by atoms with Gasteiger partial charge in [0.05, 0.1) is 12.1 Å². The minimum Gasteiger partial charge on any atom is -0.368 e. The Labute approximate surface area is 190 Å². The number of halogens is 6. The van der Waals surface area contributed by atoms with Gasteiger partial charge in [-0.3, -0.25) is 4.90 Å². The van der Waals surface area contributed by atoms with Crippen LogP contribution in [-0.2, 0) is 30.1 Å². The second-order valence-corrected chi connectivity index (χ2v) is 9.06. The predicted octanol–water partition coefficient (Wildman–Crippen LogP) is 4.45. The number of piperazine rings is 1. The molecule has 0 spiro atoms. The van der Waals surface area contributed by atoms with E-state index in [4.69, 9.17) is 0 Å². The minimum atomic E-state index is -4.58. The fourth-order valence-electron chi connectivity index (χ4n) is 4.51. The highest BCUT2D eigenvalue weighted by Crippen LogP contribution is 2.41. The summed E-state index contributed by atoms with van der Waals surface area (Å²) in [5, 5.41) is 1.06. The zero-order valence-electron chi connectivity index (χ0n) is 17.7. The average molecular weight is 492 g/mol. The van der Waals surface area contributed by atoms with Crippen LogP contribution in [0.15, 0.2) is 17.5 Å². The van der Waals surface area contributed by atoms with Crippen molar-refractivity contribution in [1.82, 2.24) is 9.88 Å². The van der Waals surface area contributed by atoms with Gasteiger partial charge in [0, 0.05) is 49.8 Å². The molecule has 1 saturated heterocycles. The predicted molar refractivity (Wildman–Crippen MR) is 113 cm³/mol. The first kappa shape index (κ1) is 23.8. The normalized spacial score (nSPS) is 20.2. The lowest BCUT2D eigenvalue weighted by molar-refractivity contribution is -0.141. The molecule has 0 N–H and O–H groups in total. The summed E-state index contributed by atoms with van der Waals surface area (Å²) in [6.07, 6.45) is -8.22. The molecule has 2 aliphatic heterocycles. The molecule has 0 saturated carbocycles. The van der Waals surface area contributed by atoms with Gasteiger partial charge in [-0.05, 0) is 36.6 Å². The SMILES string of the molecule is C[C@@H]1CN(c2ccc(C(F)(F)F)c3c2CN(c2nc(C(F)(F)F)cs2)CC3)CCN1CC=O. The Morgan fingerprint density at radius 1 is 1.06 bits per heavy atom. The fraction of sp³-hybridized carbons (Fsp3) is 0.524. The van der Waals surface area contributed by atoms with E-state index in [2.05, 4.69) is 4.98 Å².